The Morgan fingerprint density at radius 1 is 1.34 bits per heavy atom. The second-order valence-electron chi connectivity index (χ2n) is 6.98. The fourth-order valence-electron chi connectivity index (χ4n) is 3.42. The van der Waals surface area contributed by atoms with Gasteiger partial charge in [0.25, 0.3) is 0 Å². The van der Waals surface area contributed by atoms with E-state index < -0.39 is 0 Å². The summed E-state index contributed by atoms with van der Waals surface area (Å²) < 4.78 is 5.66. The van der Waals surface area contributed by atoms with E-state index in [2.05, 4.69) is 10.3 Å². The Morgan fingerprint density at radius 2 is 2.17 bits per heavy atom. The van der Waals surface area contributed by atoms with Gasteiger partial charge in [0.1, 0.15) is 11.1 Å². The van der Waals surface area contributed by atoms with Crippen LogP contribution in [-0.2, 0) is 22.4 Å². The van der Waals surface area contributed by atoms with Crippen molar-refractivity contribution in [3.05, 3.63) is 58.8 Å². The molecule has 1 unspecified atom stereocenters. The van der Waals surface area contributed by atoms with Crippen molar-refractivity contribution in [3.63, 3.8) is 0 Å². The minimum atomic E-state index is -0.276. The third kappa shape index (κ3) is 4.48. The zero-order valence-electron chi connectivity index (χ0n) is 15.8. The minimum absolute atomic E-state index is 0.164. The predicted octanol–water partition coefficient (Wildman–Crippen LogP) is 3.24. The van der Waals surface area contributed by atoms with Crippen molar-refractivity contribution < 1.29 is 14.3 Å². The summed E-state index contributed by atoms with van der Waals surface area (Å²) in [5, 5.41) is 3.51. The number of nitrogens with two attached hydrogens (primary N) is 1. The van der Waals surface area contributed by atoms with Crippen molar-refractivity contribution >= 4 is 40.1 Å². The molecule has 4 rings (SSSR count). The Bertz CT molecular complexity index is 960. The summed E-state index contributed by atoms with van der Waals surface area (Å²) >= 11 is 1.45. The number of aromatic nitrogens is 1. The fourth-order valence-corrected chi connectivity index (χ4v) is 4.65. The zero-order valence-corrected chi connectivity index (χ0v) is 16.7. The molecular weight excluding hydrogens is 388 g/mol. The minimum Gasteiger partial charge on any atom is -0.446 e. The molecule has 0 fully saturated rings. The lowest BCUT2D eigenvalue weighted by atomic mass is 9.95. The maximum atomic E-state index is 12.3. The van der Waals surface area contributed by atoms with Crippen LogP contribution in [0.25, 0.3) is 6.08 Å². The number of nitrogen functional groups attached to an aromatic ring is 1. The van der Waals surface area contributed by atoms with Gasteiger partial charge >= 0.3 is 6.09 Å². The van der Waals surface area contributed by atoms with Gasteiger partial charge < -0.3 is 20.7 Å². The van der Waals surface area contributed by atoms with E-state index in [0.29, 0.717) is 30.2 Å². The standard InChI is InChI=1S/C21H22N4O3S/c22-19-16-7-6-15(28-21(27)25-10-1-2-11-25)12-17(16)29-20(19)24-18(26)8-5-14-4-3-9-23-13-14/h1-5,8-9,13,15H,6-7,10-12,22H2,(H,24,26)/b8-5+. The van der Waals surface area contributed by atoms with Crippen LogP contribution in [0.15, 0.2) is 42.8 Å². The second-order valence-corrected chi connectivity index (χ2v) is 8.09. The summed E-state index contributed by atoms with van der Waals surface area (Å²) in [4.78, 5) is 31.2. The number of rotatable bonds is 4. The number of ether oxygens (including phenoxy) is 1. The molecule has 0 saturated carbocycles. The van der Waals surface area contributed by atoms with E-state index in [1.165, 1.54) is 17.4 Å². The van der Waals surface area contributed by atoms with Crippen LogP contribution >= 0.6 is 11.3 Å². The van der Waals surface area contributed by atoms with E-state index in [1.54, 1.807) is 23.4 Å². The number of hydrogen-bond acceptors (Lipinski definition) is 6. The second kappa shape index (κ2) is 8.48. The average molecular weight is 410 g/mol. The number of amides is 2. The zero-order chi connectivity index (χ0) is 20.2. The molecule has 2 aromatic heterocycles. The molecule has 3 N–H and O–H groups in total. The Balaban J connectivity index is 1.38. The Morgan fingerprint density at radius 3 is 2.93 bits per heavy atom. The molecule has 1 aliphatic carbocycles. The van der Waals surface area contributed by atoms with Gasteiger partial charge in [0.05, 0.1) is 5.69 Å². The number of carbonyl (C=O) groups excluding carboxylic acids is 2. The molecule has 0 spiro atoms. The molecule has 2 aliphatic rings. The van der Waals surface area contributed by atoms with Crippen LogP contribution in [0.5, 0.6) is 0 Å². The van der Waals surface area contributed by atoms with Gasteiger partial charge in [-0.2, -0.15) is 0 Å². The lowest BCUT2D eigenvalue weighted by Crippen LogP contribution is -2.34. The van der Waals surface area contributed by atoms with Crippen LogP contribution in [0.3, 0.4) is 0 Å². The fraction of sp³-hybridized carbons (Fsp3) is 0.286. The normalized spacial score (nSPS) is 18.1. The molecule has 7 nitrogen and oxygen atoms in total. The van der Waals surface area contributed by atoms with E-state index in [9.17, 15) is 9.59 Å². The first kappa shape index (κ1) is 19.2. The van der Waals surface area contributed by atoms with E-state index in [4.69, 9.17) is 10.5 Å². The van der Waals surface area contributed by atoms with Crippen molar-refractivity contribution in [2.45, 2.75) is 25.4 Å². The lowest BCUT2D eigenvalue weighted by molar-refractivity contribution is -0.111. The monoisotopic (exact) mass is 410 g/mol. The Labute approximate surface area is 172 Å². The molecule has 1 atom stereocenters. The molecule has 0 bridgehead atoms. The first-order chi connectivity index (χ1) is 14.1. The van der Waals surface area contributed by atoms with Crippen molar-refractivity contribution in [3.8, 4) is 0 Å². The molecule has 2 aromatic rings. The number of carbonyl (C=O) groups is 2. The van der Waals surface area contributed by atoms with Crippen molar-refractivity contribution in [2.75, 3.05) is 24.1 Å². The molecule has 3 heterocycles. The third-order valence-corrected chi connectivity index (χ3v) is 6.14. The topological polar surface area (TPSA) is 97.5 Å². The van der Waals surface area contributed by atoms with Gasteiger partial charge in [0.15, 0.2) is 0 Å². The molecule has 2 amide bonds. The summed E-state index contributed by atoms with van der Waals surface area (Å²) in [5.41, 5.74) is 8.77. The quantitative estimate of drug-likeness (QED) is 0.596. The molecule has 0 saturated heterocycles. The van der Waals surface area contributed by atoms with Crippen molar-refractivity contribution in [2.24, 2.45) is 0 Å². The number of thiophene rings is 1. The van der Waals surface area contributed by atoms with Crippen LogP contribution < -0.4 is 11.1 Å². The van der Waals surface area contributed by atoms with Crippen LogP contribution in [-0.4, -0.2) is 41.1 Å². The van der Waals surface area contributed by atoms with E-state index in [1.807, 2.05) is 24.3 Å². The van der Waals surface area contributed by atoms with Gasteiger partial charge in [0, 0.05) is 42.9 Å². The average Bonchev–Trinajstić information content (AvgIpc) is 3.36. The summed E-state index contributed by atoms with van der Waals surface area (Å²) in [5.74, 6) is -0.247. The SMILES string of the molecule is Nc1c(NC(=O)/C=C/c2cccnc2)sc2c1CCC(OC(=O)N1CC=CC1)C2. The number of nitrogens with one attached hydrogen (secondary N) is 1. The van der Waals surface area contributed by atoms with Crippen LogP contribution in [0.1, 0.15) is 22.4 Å². The highest BCUT2D eigenvalue weighted by atomic mass is 32.1. The first-order valence-corrected chi connectivity index (χ1v) is 10.3. The molecule has 0 radical (unpaired) electrons. The van der Waals surface area contributed by atoms with E-state index in [-0.39, 0.29) is 18.1 Å². The summed E-state index contributed by atoms with van der Waals surface area (Å²) in [6.45, 7) is 1.21. The number of fused-ring (bicyclic) bond motifs is 1. The highest BCUT2D eigenvalue weighted by Gasteiger charge is 2.28. The van der Waals surface area contributed by atoms with Crippen LogP contribution in [0.4, 0.5) is 15.5 Å². The number of nitrogens with zero attached hydrogens (tertiary/aromatic N) is 2. The molecule has 29 heavy (non-hydrogen) atoms. The molecular formula is C21H22N4O3S. The van der Waals surface area contributed by atoms with Gasteiger partial charge in [-0.15, -0.1) is 11.3 Å². The smallest absolute Gasteiger partial charge is 0.410 e. The number of pyridine rings is 1. The van der Waals surface area contributed by atoms with Gasteiger partial charge in [-0.1, -0.05) is 18.2 Å². The van der Waals surface area contributed by atoms with Gasteiger partial charge in [-0.25, -0.2) is 4.79 Å². The Kier molecular flexibility index (Phi) is 5.62. The van der Waals surface area contributed by atoms with Gasteiger partial charge in [-0.05, 0) is 36.1 Å². The van der Waals surface area contributed by atoms with Crippen molar-refractivity contribution in [1.82, 2.24) is 9.88 Å². The van der Waals surface area contributed by atoms with Crippen molar-refractivity contribution in [1.29, 1.82) is 0 Å². The van der Waals surface area contributed by atoms with Gasteiger partial charge in [0.2, 0.25) is 5.91 Å². The maximum Gasteiger partial charge on any atom is 0.410 e. The molecule has 0 aromatic carbocycles. The lowest BCUT2D eigenvalue weighted by Gasteiger charge is -2.25. The van der Waals surface area contributed by atoms with Gasteiger partial charge in [-0.3, -0.25) is 9.78 Å². The molecule has 8 heteroatoms. The number of anilines is 2. The maximum absolute atomic E-state index is 12.3. The predicted molar refractivity (Wildman–Crippen MR) is 114 cm³/mol. The largest absolute Gasteiger partial charge is 0.446 e. The van der Waals surface area contributed by atoms with Crippen LogP contribution in [0.2, 0.25) is 0 Å². The third-order valence-electron chi connectivity index (χ3n) is 4.95. The van der Waals surface area contributed by atoms with E-state index in [0.717, 1.165) is 28.8 Å². The highest BCUT2D eigenvalue weighted by Crippen LogP contribution is 2.40. The summed E-state index contributed by atoms with van der Waals surface area (Å²) in [6, 6.07) is 3.68. The Hall–Kier alpha value is -3.13. The van der Waals surface area contributed by atoms with Crippen LogP contribution in [0, 0.1) is 0 Å². The molecule has 1 aliphatic heterocycles. The highest BCUT2D eigenvalue weighted by molar-refractivity contribution is 7.17. The summed E-state index contributed by atoms with van der Waals surface area (Å²) in [6.07, 6.45) is 12.1. The molecule has 150 valence electrons. The first-order valence-electron chi connectivity index (χ1n) is 9.50. The summed E-state index contributed by atoms with van der Waals surface area (Å²) in [7, 11) is 0. The van der Waals surface area contributed by atoms with E-state index >= 15 is 0 Å². The number of hydrogen-bond donors (Lipinski definition) is 2.